The van der Waals surface area contributed by atoms with Crippen molar-refractivity contribution in [1.82, 2.24) is 66.2 Å². The van der Waals surface area contributed by atoms with Crippen LogP contribution in [0, 0.1) is 11.8 Å². The second kappa shape index (κ2) is 47.1. The number of carbonyl (C=O) groups excluding carboxylic acids is 9. The van der Waals surface area contributed by atoms with Crippen LogP contribution in [0.3, 0.4) is 0 Å². The van der Waals surface area contributed by atoms with Gasteiger partial charge < -0.3 is 95.1 Å². The number of carbonyl (C=O) groups is 13. The first-order valence-corrected chi connectivity index (χ1v) is 36.0. The fraction of sp³-hybridized carbons (Fsp3) is 0.691. The van der Waals surface area contributed by atoms with Gasteiger partial charge in [-0.05, 0) is 107 Å². The summed E-state index contributed by atoms with van der Waals surface area (Å²) in [6, 6.07) is -4.17. The number of rotatable bonds is 41. The zero-order valence-electron chi connectivity index (χ0n) is 62.0. The first kappa shape index (κ1) is 91.6. The smallest absolute Gasteiger partial charge is 0.326 e. The summed E-state index contributed by atoms with van der Waals surface area (Å²) in [4.78, 5) is 195. The number of carboxylic acids is 4. The van der Waals surface area contributed by atoms with Gasteiger partial charge in [0.15, 0.2) is 11.9 Å². The molecule has 1 aromatic carbocycles. The number of guanidine groups is 2. The number of nitrogens with two attached hydrogens (primary N) is 4. The molecule has 0 bridgehead atoms. The van der Waals surface area contributed by atoms with Crippen molar-refractivity contribution in [1.29, 1.82) is 0 Å². The van der Waals surface area contributed by atoms with E-state index in [2.05, 4.69) is 41.9 Å². The normalized spacial score (nSPS) is 18.2. The quantitative estimate of drug-likeness (QED) is 0.0168. The Hall–Kier alpha value is -8.62. The molecule has 0 aliphatic carbocycles. The molecule has 3 radical (unpaired) electrons. The van der Waals surface area contributed by atoms with E-state index in [9.17, 15) is 83.1 Å². The van der Waals surface area contributed by atoms with Crippen LogP contribution in [-0.4, -0.2) is 341 Å². The molecule has 19 N–H and O–H groups in total. The van der Waals surface area contributed by atoms with E-state index >= 15 is 4.79 Å². The van der Waals surface area contributed by atoms with E-state index in [-0.39, 0.29) is 224 Å². The number of likely N-dealkylation sites (N-methyl/N-ethyl adjacent to an activating group) is 1. The van der Waals surface area contributed by atoms with Crippen molar-refractivity contribution >= 4 is 115 Å². The summed E-state index contributed by atoms with van der Waals surface area (Å²) < 4.78 is 0. The molecular formula is C68H113InN19O18. The van der Waals surface area contributed by atoms with E-state index in [0.29, 0.717) is 37.7 Å². The van der Waals surface area contributed by atoms with Crippen molar-refractivity contribution in [2.24, 2.45) is 44.8 Å². The van der Waals surface area contributed by atoms with Crippen molar-refractivity contribution in [3.05, 3.63) is 29.8 Å². The molecule has 3 saturated heterocycles. The van der Waals surface area contributed by atoms with Gasteiger partial charge in [0.25, 0.3) is 0 Å². The average Bonchev–Trinajstić information content (AvgIpc) is 1.60. The topological polar surface area (TPSA) is 547 Å². The minimum Gasteiger partial charge on any atom is -0.508 e. The summed E-state index contributed by atoms with van der Waals surface area (Å²) in [6.07, 6.45) is 2.20. The van der Waals surface area contributed by atoms with Gasteiger partial charge in [0.2, 0.25) is 53.2 Å². The number of carboxylic acid groups (broad SMARTS) is 4. The molecule has 38 heteroatoms. The number of phenolic OH excluding ortho intramolecular Hbond substituents is 1. The van der Waals surface area contributed by atoms with Gasteiger partial charge in [0.05, 0.1) is 26.2 Å². The number of aliphatic imine (C=N–C) groups is 2. The van der Waals surface area contributed by atoms with Gasteiger partial charge in [-0.1, -0.05) is 46.2 Å². The molecule has 4 rings (SSSR count). The Balaban J connectivity index is 0.0000292. The van der Waals surface area contributed by atoms with Crippen LogP contribution < -0.4 is 54.8 Å². The van der Waals surface area contributed by atoms with Gasteiger partial charge >= 0.3 is 23.9 Å². The van der Waals surface area contributed by atoms with Crippen molar-refractivity contribution in [3.8, 4) is 5.75 Å². The number of nitrogens with zero attached hydrogens (tertiary/aromatic N) is 9. The predicted octanol–water partition coefficient (Wildman–Crippen LogP) is -4.15. The van der Waals surface area contributed by atoms with Crippen LogP contribution in [-0.2, 0) is 68.7 Å². The SMILES string of the molecule is CC[C@H](C)[C@H](NC(=O)[C@H](Cc1ccc(O)cc1)NC(=O)[C@@H]1CCCN1C(=O)[C@H](CCCN=C(N)N)NC(=O)[C@H](CCCN=C(N)N)N(C)C(=O)[C@@H]1CCCN1C(=O)[C@H](CCCCNC(=O)CN1CCN(CC(=O)O)CCN(CC(=O)O)CCN(CC(=O)O)CC1)NC(C)=O)C(=O)N[C@@H](CC(C)C)C(=O)O.[111In]. The second-order valence-electron chi connectivity index (χ2n) is 27.5. The molecule has 0 aromatic heterocycles. The van der Waals surface area contributed by atoms with E-state index in [1.54, 1.807) is 47.3 Å². The number of benzene rings is 1. The van der Waals surface area contributed by atoms with Crippen LogP contribution in [0.25, 0.3) is 0 Å². The van der Waals surface area contributed by atoms with Crippen molar-refractivity contribution in [2.45, 2.75) is 173 Å². The Morgan fingerprint density at radius 1 is 0.557 bits per heavy atom. The molecule has 3 fully saturated rings. The second-order valence-corrected chi connectivity index (χ2v) is 27.5. The molecule has 0 spiro atoms. The summed E-state index contributed by atoms with van der Waals surface area (Å²) in [5, 5.41) is 65.3. The first-order chi connectivity index (χ1) is 49.7. The van der Waals surface area contributed by atoms with Crippen LogP contribution in [0.15, 0.2) is 34.3 Å². The molecule has 0 unspecified atom stereocenters. The molecule has 37 nitrogen and oxygen atoms in total. The van der Waals surface area contributed by atoms with E-state index in [1.807, 2.05) is 0 Å². The predicted molar refractivity (Wildman–Crippen MR) is 391 cm³/mol. The number of unbranched alkanes of at least 4 members (excludes halogenated alkanes) is 1. The van der Waals surface area contributed by atoms with Gasteiger partial charge in [-0.25, -0.2) is 4.79 Å². The Morgan fingerprint density at radius 2 is 1.02 bits per heavy atom. The Labute approximate surface area is 637 Å². The van der Waals surface area contributed by atoms with Crippen LogP contribution in [0.5, 0.6) is 5.75 Å². The van der Waals surface area contributed by atoms with Crippen LogP contribution in [0.4, 0.5) is 0 Å². The summed E-state index contributed by atoms with van der Waals surface area (Å²) in [5.41, 5.74) is 23.1. The number of nitrogens with one attached hydrogen (secondary N) is 6. The Bertz CT molecular complexity index is 3130. The summed E-state index contributed by atoms with van der Waals surface area (Å²) in [7, 11) is 1.38. The van der Waals surface area contributed by atoms with E-state index < -0.39 is 125 Å². The van der Waals surface area contributed by atoms with Gasteiger partial charge in [-0.15, -0.1) is 0 Å². The number of hydrogen-bond donors (Lipinski definition) is 15. The zero-order valence-corrected chi connectivity index (χ0v) is 65.3. The molecule has 106 heavy (non-hydrogen) atoms. The van der Waals surface area contributed by atoms with E-state index in [0.717, 1.165) is 0 Å². The maximum absolute atomic E-state index is 15.1. The third-order valence-electron chi connectivity index (χ3n) is 18.7. The maximum Gasteiger partial charge on any atom is 0.326 e. The molecule has 0 saturated carbocycles. The van der Waals surface area contributed by atoms with Crippen LogP contribution in [0.2, 0.25) is 0 Å². The van der Waals surface area contributed by atoms with E-state index in [1.165, 1.54) is 52.9 Å². The van der Waals surface area contributed by atoms with Gasteiger partial charge in [0.1, 0.15) is 54.1 Å². The van der Waals surface area contributed by atoms with Crippen molar-refractivity contribution in [3.63, 3.8) is 0 Å². The Morgan fingerprint density at radius 3 is 1.49 bits per heavy atom. The van der Waals surface area contributed by atoms with Crippen LogP contribution in [0.1, 0.15) is 124 Å². The summed E-state index contributed by atoms with van der Waals surface area (Å²) in [5.74, 6) is -11.6. The minimum absolute atomic E-state index is 0. The average molecular weight is 1600 g/mol. The minimum atomic E-state index is -1.39. The molecule has 3 aliphatic heterocycles. The third-order valence-corrected chi connectivity index (χ3v) is 18.7. The first-order valence-electron chi connectivity index (χ1n) is 36.0. The largest absolute Gasteiger partial charge is 0.508 e. The summed E-state index contributed by atoms with van der Waals surface area (Å²) in [6.45, 7) is 9.23. The van der Waals surface area contributed by atoms with Gasteiger partial charge in [-0.2, -0.15) is 0 Å². The van der Waals surface area contributed by atoms with E-state index in [4.69, 9.17) is 22.9 Å². The summed E-state index contributed by atoms with van der Waals surface area (Å²) >= 11 is 0. The van der Waals surface area contributed by atoms with Gasteiger partial charge in [0, 0.05) is 131 Å². The monoisotopic (exact) mass is 1590 g/mol. The molecule has 9 amide bonds. The Kier molecular flexibility index (Phi) is 40.7. The number of likely N-dealkylation sites (tertiary alicyclic amines) is 2. The molecule has 591 valence electrons. The van der Waals surface area contributed by atoms with Crippen molar-refractivity contribution in [2.75, 3.05) is 118 Å². The molecule has 3 heterocycles. The number of phenols is 1. The number of aromatic hydroxyl groups is 1. The maximum atomic E-state index is 15.1. The number of hydrogen-bond acceptors (Lipinski definition) is 20. The van der Waals surface area contributed by atoms with Crippen LogP contribution >= 0.6 is 0 Å². The van der Waals surface area contributed by atoms with Crippen molar-refractivity contribution < 1.29 is 87.9 Å². The fourth-order valence-electron chi connectivity index (χ4n) is 12.9. The molecular weight excluding hydrogens is 1480 g/mol. The third kappa shape index (κ3) is 32.6. The molecule has 9 atom stereocenters. The standard InChI is InChI=1S/C68H113N19O18.In/c1-7-43(4)58(62(100)79-50(66(104)105)36-42(2)3)80-59(97)49(37-45-19-21-46(89)22-20-45)78-61(99)52-17-12-26-86(52)64(102)48(15-10-24-74-67(69)70)77-60(98)51(16-11-25-75-68(71)72)81(6)65(103)53-18-13-27-87(53)63(101)47(76-44(5)88)14-8-9-23-73-54(90)38-82-28-30-83(39-55(91)92)32-34-85(41-57(95)96)35-33-84(31-29-82)40-56(93)94;/h19-22,42-43,47-53,58,89H,7-18,23-41H2,1-6H3,(H,73,90)(H,76,88)(H,77,98)(H,78,99)(H,79,100)(H,80,97)(H,91,92)(H,93,94)(H,95,96)(H,104,105)(H4,69,70,74)(H4,71,72,75);/t43-,47-,48-,49-,50-,51-,52-,53-,58-;/m0./s1/i;1-4. The van der Waals surface area contributed by atoms with Gasteiger partial charge in [-0.3, -0.25) is 87.1 Å². The number of amides is 9. The fourth-order valence-corrected chi connectivity index (χ4v) is 12.9. The molecule has 1 aromatic rings. The number of aliphatic carboxylic acids is 4. The zero-order chi connectivity index (χ0) is 78.0. The molecule has 3 aliphatic rings.